The third kappa shape index (κ3) is 10.7. The molecule has 0 rings (SSSR count). The first-order valence-corrected chi connectivity index (χ1v) is 3.27. The van der Waals surface area contributed by atoms with Gasteiger partial charge in [-0.25, -0.2) is 0 Å². The average molecular weight is 122 g/mol. The van der Waals surface area contributed by atoms with Crippen LogP contribution in [0.4, 0.5) is 0 Å². The highest BCUT2D eigenvalue weighted by Crippen LogP contribution is 2.05. The summed E-state index contributed by atoms with van der Waals surface area (Å²) in [4.78, 5) is 0. The van der Waals surface area contributed by atoms with Crippen molar-refractivity contribution in [3.05, 3.63) is 0 Å². The molecule has 0 aliphatic carbocycles. The molecule has 0 aromatic carbocycles. The van der Waals surface area contributed by atoms with Gasteiger partial charge >= 0.3 is 0 Å². The van der Waals surface area contributed by atoms with Crippen LogP contribution in [0.3, 0.4) is 0 Å². The van der Waals surface area contributed by atoms with Crippen LogP contribution in [0.2, 0.25) is 0 Å². The standard InChI is InChI=1S/C5H12S.CH4/c1-4-6-5(2)3;/h5H,4H2,1-3H3;1H4/i2T;. The van der Waals surface area contributed by atoms with E-state index in [1.54, 1.807) is 0 Å². The van der Waals surface area contributed by atoms with Crippen molar-refractivity contribution in [2.24, 2.45) is 0 Å². The molecule has 0 amide bonds. The number of rotatable bonds is 2. The molecular weight excluding hydrogens is 104 g/mol. The highest BCUT2D eigenvalue weighted by Gasteiger charge is 1.85. The molecule has 0 aromatic rings. The zero-order chi connectivity index (χ0) is 5.70. The monoisotopic (exact) mass is 122 g/mol. The van der Waals surface area contributed by atoms with Crippen molar-refractivity contribution < 1.29 is 1.37 Å². The maximum Gasteiger partial charge on any atom is 0.0242 e. The summed E-state index contributed by atoms with van der Waals surface area (Å²) < 4.78 is 6.89. The topological polar surface area (TPSA) is 0 Å². The second kappa shape index (κ2) is 6.35. The Hall–Kier alpha value is 0.350. The Morgan fingerprint density at radius 2 is 2.43 bits per heavy atom. The fourth-order valence-electron chi connectivity index (χ4n) is 0.285. The molecule has 0 aliphatic heterocycles. The molecule has 46 valence electrons. The van der Waals surface area contributed by atoms with E-state index in [1.165, 1.54) is 0 Å². The quantitative estimate of drug-likeness (QED) is 0.542. The minimum atomic E-state index is 0. The minimum Gasteiger partial charge on any atom is -0.159 e. The van der Waals surface area contributed by atoms with Gasteiger partial charge < -0.3 is 0 Å². The summed E-state index contributed by atoms with van der Waals surface area (Å²) in [5.41, 5.74) is 0. The van der Waals surface area contributed by atoms with E-state index in [4.69, 9.17) is 1.37 Å². The van der Waals surface area contributed by atoms with Gasteiger partial charge in [0, 0.05) is 1.37 Å². The van der Waals surface area contributed by atoms with Crippen LogP contribution in [-0.4, -0.2) is 11.0 Å². The van der Waals surface area contributed by atoms with Crippen LogP contribution in [0.25, 0.3) is 0 Å². The van der Waals surface area contributed by atoms with Crippen LogP contribution in [-0.2, 0) is 0 Å². The second-order valence-corrected chi connectivity index (χ2v) is 2.98. The van der Waals surface area contributed by atoms with Crippen LogP contribution >= 0.6 is 11.8 Å². The zero-order valence-electron chi connectivity index (χ0n) is 5.40. The molecule has 1 heteroatoms. The van der Waals surface area contributed by atoms with Crippen molar-refractivity contribution in [3.8, 4) is 0 Å². The van der Waals surface area contributed by atoms with Gasteiger partial charge in [0.15, 0.2) is 0 Å². The van der Waals surface area contributed by atoms with Gasteiger partial charge in [-0.15, -0.1) is 0 Å². The number of hydrogen-bond acceptors (Lipinski definition) is 1. The normalized spacial score (nSPS) is 14.3. The molecule has 0 nitrogen and oxygen atoms in total. The molecule has 0 bridgehead atoms. The minimum absolute atomic E-state index is 0. The molecule has 0 radical (unpaired) electrons. The van der Waals surface area contributed by atoms with Gasteiger partial charge in [0.1, 0.15) is 0 Å². The van der Waals surface area contributed by atoms with Crippen molar-refractivity contribution in [2.75, 3.05) is 5.75 Å². The molecule has 0 saturated heterocycles. The van der Waals surface area contributed by atoms with Gasteiger partial charge in [0.2, 0.25) is 0 Å². The Balaban J connectivity index is 0. The first kappa shape index (κ1) is 7.35. The van der Waals surface area contributed by atoms with Crippen LogP contribution in [0, 0.1) is 0 Å². The fraction of sp³-hybridized carbons (Fsp3) is 1.00. The molecule has 7 heavy (non-hydrogen) atoms. The third-order valence-corrected chi connectivity index (χ3v) is 1.35. The van der Waals surface area contributed by atoms with E-state index >= 15 is 0 Å². The lowest BCUT2D eigenvalue weighted by Crippen LogP contribution is -1.84. The van der Waals surface area contributed by atoms with E-state index in [9.17, 15) is 0 Å². The maximum atomic E-state index is 6.89. The van der Waals surface area contributed by atoms with Crippen molar-refractivity contribution in [3.63, 3.8) is 0 Å². The summed E-state index contributed by atoms with van der Waals surface area (Å²) in [5, 5.41) is 0.532. The first-order valence-electron chi connectivity index (χ1n) is 2.92. The smallest absolute Gasteiger partial charge is 0.0242 e. The number of hydrogen-bond donors (Lipinski definition) is 0. The Morgan fingerprint density at radius 1 is 1.86 bits per heavy atom. The van der Waals surface area contributed by atoms with E-state index in [0.717, 1.165) is 5.75 Å². The van der Waals surface area contributed by atoms with Crippen molar-refractivity contribution >= 4 is 11.8 Å². The Kier molecular flexibility index (Phi) is 6.67. The highest BCUT2D eigenvalue weighted by molar-refractivity contribution is 7.99. The second-order valence-electron chi connectivity index (χ2n) is 1.27. The molecule has 0 spiro atoms. The molecule has 0 saturated carbocycles. The largest absolute Gasteiger partial charge is 0.159 e. The lowest BCUT2D eigenvalue weighted by molar-refractivity contribution is 1.11. The van der Waals surface area contributed by atoms with Crippen LogP contribution in [0.15, 0.2) is 0 Å². The van der Waals surface area contributed by atoms with Crippen LogP contribution < -0.4 is 0 Å². The van der Waals surface area contributed by atoms with Crippen LogP contribution in [0.1, 0.15) is 29.5 Å². The average Bonchev–Trinajstić information content (AvgIpc) is 1.68. The summed E-state index contributed by atoms with van der Waals surface area (Å²) in [6.45, 7) is 4.76. The Labute approximate surface area is 53.1 Å². The Morgan fingerprint density at radius 3 is 2.57 bits per heavy atom. The van der Waals surface area contributed by atoms with E-state index in [-0.39, 0.29) is 7.43 Å². The summed E-state index contributed by atoms with van der Waals surface area (Å²) in [5.74, 6) is 1.14. The van der Waals surface area contributed by atoms with E-state index < -0.39 is 0 Å². The fourth-order valence-corrected chi connectivity index (χ4v) is 0.854. The lowest BCUT2D eigenvalue weighted by Gasteiger charge is -1.96. The molecule has 0 aromatic heterocycles. The van der Waals surface area contributed by atoms with E-state index in [1.807, 2.05) is 11.8 Å². The summed E-state index contributed by atoms with van der Waals surface area (Å²) in [7, 11) is 0. The first-order chi connectivity index (χ1) is 3.31. The van der Waals surface area contributed by atoms with Crippen LogP contribution in [0.5, 0.6) is 0 Å². The highest BCUT2D eigenvalue weighted by atomic mass is 32.2. The van der Waals surface area contributed by atoms with Gasteiger partial charge in [0.05, 0.1) is 0 Å². The molecule has 0 heterocycles. The molecule has 1 unspecified atom stereocenters. The SMILES string of the molecule is C.[3H]CC(C)SCC. The van der Waals surface area contributed by atoms with Crippen molar-refractivity contribution in [1.82, 2.24) is 0 Å². The summed E-state index contributed by atoms with van der Waals surface area (Å²) in [6.07, 6.45) is 0. The number of thioether (sulfide) groups is 1. The third-order valence-electron chi connectivity index (χ3n) is 0.451. The molecular formula is C6H16S. The maximum absolute atomic E-state index is 6.89. The summed E-state index contributed by atoms with van der Waals surface area (Å²) >= 11 is 1.84. The zero-order valence-corrected chi connectivity index (χ0v) is 5.22. The summed E-state index contributed by atoms with van der Waals surface area (Å²) in [6, 6.07) is 0. The predicted molar refractivity (Wildman–Crippen MR) is 40.0 cm³/mol. The van der Waals surface area contributed by atoms with Crippen molar-refractivity contribution in [2.45, 2.75) is 33.4 Å². The van der Waals surface area contributed by atoms with Gasteiger partial charge in [0.25, 0.3) is 0 Å². The molecule has 1 atom stereocenters. The molecule has 0 fully saturated rings. The predicted octanol–water partition coefficient (Wildman–Crippen LogP) is 2.78. The van der Waals surface area contributed by atoms with Gasteiger partial charge in [-0.3, -0.25) is 0 Å². The lowest BCUT2D eigenvalue weighted by atomic mass is 10.6. The van der Waals surface area contributed by atoms with Crippen molar-refractivity contribution in [1.29, 1.82) is 0 Å². The van der Waals surface area contributed by atoms with E-state index in [2.05, 4.69) is 13.8 Å². The van der Waals surface area contributed by atoms with Gasteiger partial charge in [-0.1, -0.05) is 28.2 Å². The Bertz CT molecular complexity index is 39.5. The van der Waals surface area contributed by atoms with Gasteiger partial charge in [-0.05, 0) is 11.0 Å². The van der Waals surface area contributed by atoms with E-state index in [0.29, 0.717) is 12.1 Å². The molecule has 0 N–H and O–H groups in total. The molecule has 0 aliphatic rings. The van der Waals surface area contributed by atoms with Gasteiger partial charge in [-0.2, -0.15) is 11.8 Å².